The predicted octanol–water partition coefficient (Wildman–Crippen LogP) is 10.2. The minimum absolute atomic E-state index is 0.131. The summed E-state index contributed by atoms with van der Waals surface area (Å²) in [5.74, 6) is -2.42. The van der Waals surface area contributed by atoms with Gasteiger partial charge in [-0.2, -0.15) is 0 Å². The average Bonchev–Trinajstić information content (AvgIpc) is 3.14. The van der Waals surface area contributed by atoms with Gasteiger partial charge >= 0.3 is 11.9 Å². The van der Waals surface area contributed by atoms with Crippen LogP contribution in [0.4, 0.5) is 0 Å². The van der Waals surface area contributed by atoms with Crippen molar-refractivity contribution in [2.75, 3.05) is 13.2 Å². The van der Waals surface area contributed by atoms with Crippen LogP contribution in [0.1, 0.15) is 194 Å². The molecule has 53 heavy (non-hydrogen) atoms. The standard InChI is InChI=1S/C44H78N2O7/c1-3-5-7-9-11-12-13-14-15-16-17-18-19-20-21-22-24-26-32-36-43(50)53-39(33-29-25-23-10-8-6-4-2)34-30-27-28-31-35-41(48)45-37-42(49)46-40(38-47)44(51)52/h10,14-15,23,29,33,39-40,47H,3-9,11-13,16-22,24-28,30-32,34-38H2,1-2H3,(H,45,48)(H,46,49)(H,51,52)/b15-14-,23-10-,33-29-. The third-order valence-electron chi connectivity index (χ3n) is 9.34. The molecule has 0 rings (SSSR count). The molecule has 0 aromatic carbocycles. The Balaban J connectivity index is 4.17. The number of rotatable bonds is 38. The Morgan fingerprint density at radius 1 is 0.585 bits per heavy atom. The number of hydrogen-bond donors (Lipinski definition) is 4. The quantitative estimate of drug-likeness (QED) is 0.0280. The summed E-state index contributed by atoms with van der Waals surface area (Å²) in [5, 5.41) is 22.5. The van der Waals surface area contributed by atoms with E-state index in [0.717, 1.165) is 51.4 Å². The maximum Gasteiger partial charge on any atom is 0.328 e. The number of nitrogens with one attached hydrogen (secondary N) is 2. The second kappa shape index (κ2) is 38.8. The fraction of sp³-hybridized carbons (Fsp3) is 0.773. The van der Waals surface area contributed by atoms with Crippen molar-refractivity contribution in [1.29, 1.82) is 0 Å². The molecule has 0 radical (unpaired) electrons. The lowest BCUT2D eigenvalue weighted by Crippen LogP contribution is -2.47. The van der Waals surface area contributed by atoms with E-state index in [1.54, 1.807) is 0 Å². The molecule has 0 aliphatic carbocycles. The van der Waals surface area contributed by atoms with E-state index < -0.39 is 24.5 Å². The van der Waals surface area contributed by atoms with E-state index >= 15 is 0 Å². The molecule has 2 unspecified atom stereocenters. The van der Waals surface area contributed by atoms with Crippen LogP contribution in [-0.2, 0) is 23.9 Å². The number of allylic oxidation sites excluding steroid dienone is 5. The van der Waals surface area contributed by atoms with Crippen molar-refractivity contribution in [3.63, 3.8) is 0 Å². The second-order valence-electron chi connectivity index (χ2n) is 14.4. The fourth-order valence-electron chi connectivity index (χ4n) is 6.00. The van der Waals surface area contributed by atoms with Crippen molar-refractivity contribution in [2.24, 2.45) is 0 Å². The van der Waals surface area contributed by atoms with Crippen LogP contribution in [0.5, 0.6) is 0 Å². The first-order chi connectivity index (χ1) is 25.8. The molecule has 2 amide bonds. The van der Waals surface area contributed by atoms with Gasteiger partial charge in [0.25, 0.3) is 0 Å². The molecular weight excluding hydrogens is 668 g/mol. The van der Waals surface area contributed by atoms with Crippen molar-refractivity contribution in [1.82, 2.24) is 10.6 Å². The van der Waals surface area contributed by atoms with Crippen LogP contribution in [0.3, 0.4) is 0 Å². The number of amides is 2. The molecule has 0 aliphatic rings. The summed E-state index contributed by atoms with van der Waals surface area (Å²) in [6, 6.07) is -1.39. The highest BCUT2D eigenvalue weighted by Gasteiger charge is 2.18. The molecule has 0 saturated carbocycles. The summed E-state index contributed by atoms with van der Waals surface area (Å²) in [4.78, 5) is 47.4. The van der Waals surface area contributed by atoms with Crippen LogP contribution in [0.15, 0.2) is 36.5 Å². The monoisotopic (exact) mass is 747 g/mol. The maximum atomic E-state index is 12.7. The van der Waals surface area contributed by atoms with Gasteiger partial charge < -0.3 is 25.6 Å². The van der Waals surface area contributed by atoms with E-state index in [1.807, 2.05) is 6.08 Å². The van der Waals surface area contributed by atoms with Gasteiger partial charge in [0.1, 0.15) is 12.1 Å². The van der Waals surface area contributed by atoms with Crippen molar-refractivity contribution >= 4 is 23.8 Å². The maximum absolute atomic E-state index is 12.7. The number of carbonyl (C=O) groups is 4. The van der Waals surface area contributed by atoms with E-state index in [0.29, 0.717) is 12.8 Å². The minimum atomic E-state index is -1.39. The fourth-order valence-corrected chi connectivity index (χ4v) is 6.00. The van der Waals surface area contributed by atoms with Crippen LogP contribution >= 0.6 is 0 Å². The first kappa shape index (κ1) is 50.1. The number of esters is 1. The molecule has 2 atom stereocenters. The molecule has 0 aromatic rings. The summed E-state index contributed by atoms with van der Waals surface area (Å²) in [6.07, 6.45) is 43.4. The van der Waals surface area contributed by atoms with E-state index in [4.69, 9.17) is 14.9 Å². The van der Waals surface area contributed by atoms with Gasteiger partial charge in [-0.05, 0) is 70.3 Å². The van der Waals surface area contributed by atoms with Gasteiger partial charge in [-0.3, -0.25) is 14.4 Å². The number of carboxylic acids is 1. The highest BCUT2D eigenvalue weighted by molar-refractivity contribution is 5.87. The van der Waals surface area contributed by atoms with Crippen molar-refractivity contribution in [3.8, 4) is 0 Å². The molecule has 0 spiro atoms. The molecule has 0 heterocycles. The van der Waals surface area contributed by atoms with Crippen molar-refractivity contribution in [3.05, 3.63) is 36.5 Å². The number of carbonyl (C=O) groups excluding carboxylic acids is 3. The number of aliphatic hydroxyl groups is 1. The average molecular weight is 747 g/mol. The molecule has 306 valence electrons. The number of hydrogen-bond acceptors (Lipinski definition) is 6. The summed E-state index contributed by atoms with van der Waals surface area (Å²) < 4.78 is 5.87. The third-order valence-corrected chi connectivity index (χ3v) is 9.34. The number of carboxylic acid groups (broad SMARTS) is 1. The second-order valence-corrected chi connectivity index (χ2v) is 14.4. The topological polar surface area (TPSA) is 142 Å². The van der Waals surface area contributed by atoms with E-state index in [-0.39, 0.29) is 30.9 Å². The Kier molecular flexibility index (Phi) is 36.6. The molecule has 0 saturated heterocycles. The zero-order valence-corrected chi connectivity index (χ0v) is 33.8. The smallest absolute Gasteiger partial charge is 0.328 e. The first-order valence-electron chi connectivity index (χ1n) is 21.4. The van der Waals surface area contributed by atoms with Crippen LogP contribution in [0, 0.1) is 0 Å². The molecular formula is C44H78N2O7. The summed E-state index contributed by atoms with van der Waals surface area (Å²) in [7, 11) is 0. The molecule has 0 bridgehead atoms. The Labute approximate surface area is 323 Å². The minimum Gasteiger partial charge on any atom is -0.480 e. The largest absolute Gasteiger partial charge is 0.480 e. The van der Waals surface area contributed by atoms with E-state index in [1.165, 1.54) is 109 Å². The van der Waals surface area contributed by atoms with Gasteiger partial charge in [-0.25, -0.2) is 4.79 Å². The van der Waals surface area contributed by atoms with Gasteiger partial charge in [0.2, 0.25) is 11.8 Å². The molecule has 0 fully saturated rings. The molecule has 0 aromatic heterocycles. The third kappa shape index (κ3) is 35.8. The lowest BCUT2D eigenvalue weighted by atomic mass is 10.1. The Hall–Kier alpha value is -2.94. The van der Waals surface area contributed by atoms with Crippen LogP contribution in [0.25, 0.3) is 0 Å². The summed E-state index contributed by atoms with van der Waals surface area (Å²) >= 11 is 0. The molecule has 4 N–H and O–H groups in total. The molecule has 9 nitrogen and oxygen atoms in total. The highest BCUT2D eigenvalue weighted by Crippen LogP contribution is 2.15. The number of unbranched alkanes of at least 4 members (excludes halogenated alkanes) is 20. The normalized spacial score (nSPS) is 12.8. The van der Waals surface area contributed by atoms with E-state index in [2.05, 4.69) is 54.9 Å². The van der Waals surface area contributed by atoms with Crippen molar-refractivity contribution < 1.29 is 34.1 Å². The van der Waals surface area contributed by atoms with E-state index in [9.17, 15) is 19.2 Å². The first-order valence-corrected chi connectivity index (χ1v) is 21.4. The van der Waals surface area contributed by atoms with Gasteiger partial charge in [0.05, 0.1) is 13.2 Å². The predicted molar refractivity (Wildman–Crippen MR) is 218 cm³/mol. The van der Waals surface area contributed by atoms with Gasteiger partial charge in [-0.1, -0.05) is 147 Å². The number of aliphatic hydroxyl groups excluding tert-OH is 1. The Bertz CT molecular complexity index is 994. The van der Waals surface area contributed by atoms with Crippen molar-refractivity contribution in [2.45, 2.75) is 206 Å². The van der Waals surface area contributed by atoms with Crippen LogP contribution in [0.2, 0.25) is 0 Å². The van der Waals surface area contributed by atoms with Crippen LogP contribution in [-0.4, -0.2) is 59.3 Å². The van der Waals surface area contributed by atoms with Gasteiger partial charge in [-0.15, -0.1) is 0 Å². The Morgan fingerprint density at radius 3 is 1.68 bits per heavy atom. The SMILES string of the molecule is CCCC/C=C\C/C=C\C(CCCCCCC(=O)NCC(=O)NC(CO)C(=O)O)OC(=O)CCCCCCCCCCC/C=C\CCCCCCCC. The number of ether oxygens (including phenoxy) is 1. The molecule has 9 heteroatoms. The van der Waals surface area contributed by atoms with Crippen LogP contribution < -0.4 is 10.6 Å². The summed E-state index contributed by atoms with van der Waals surface area (Å²) in [6.45, 7) is 3.39. The lowest BCUT2D eigenvalue weighted by molar-refractivity contribution is -0.147. The number of aliphatic carboxylic acids is 1. The van der Waals surface area contributed by atoms with Gasteiger partial charge in [0, 0.05) is 12.8 Å². The zero-order chi connectivity index (χ0) is 39.0. The van der Waals surface area contributed by atoms with Gasteiger partial charge in [0.15, 0.2) is 0 Å². The summed E-state index contributed by atoms with van der Waals surface area (Å²) in [5.41, 5.74) is 0. The Morgan fingerprint density at radius 2 is 1.09 bits per heavy atom. The zero-order valence-electron chi connectivity index (χ0n) is 33.8. The highest BCUT2D eigenvalue weighted by atomic mass is 16.5. The molecule has 0 aliphatic heterocycles. The lowest BCUT2D eigenvalue weighted by Gasteiger charge is -2.15.